The topological polar surface area (TPSA) is 24.9 Å². The van der Waals surface area contributed by atoms with Crippen molar-refractivity contribution in [3.8, 4) is 11.3 Å². The van der Waals surface area contributed by atoms with Gasteiger partial charge in [0, 0.05) is 10.9 Å². The van der Waals surface area contributed by atoms with Gasteiger partial charge in [-0.15, -0.1) is 11.3 Å². The van der Waals surface area contributed by atoms with Gasteiger partial charge in [0.1, 0.15) is 0 Å². The average Bonchev–Trinajstić information content (AvgIpc) is 2.99. The second-order valence-corrected chi connectivity index (χ2v) is 6.47. The number of nitrogens with one attached hydrogen (secondary N) is 1. The fraction of sp³-hybridized carbons (Fsp3) is 0.211. The van der Waals surface area contributed by atoms with Crippen molar-refractivity contribution in [1.29, 1.82) is 0 Å². The van der Waals surface area contributed by atoms with E-state index in [0.717, 1.165) is 10.8 Å². The Kier molecular flexibility index (Phi) is 4.25. The Morgan fingerprint density at radius 1 is 1.00 bits per heavy atom. The predicted octanol–water partition coefficient (Wildman–Crippen LogP) is 5.60. The van der Waals surface area contributed by atoms with E-state index < -0.39 is 0 Å². The number of hydrogen-bond acceptors (Lipinski definition) is 3. The van der Waals surface area contributed by atoms with Gasteiger partial charge in [-0.3, -0.25) is 0 Å². The Morgan fingerprint density at radius 2 is 1.77 bits per heavy atom. The number of aromatic nitrogens is 1. The van der Waals surface area contributed by atoms with Gasteiger partial charge < -0.3 is 5.32 Å². The van der Waals surface area contributed by atoms with E-state index in [1.165, 1.54) is 22.3 Å². The smallest absolute Gasteiger partial charge is 0.183 e. The maximum absolute atomic E-state index is 4.72. The standard InChI is InChI=1S/C19H20N2S/c1-13-9-10-17(11-14(13)2)18-12-22-19(21-18)20-15(3)16-7-5-4-6-8-16/h4-12,15H,1-3H3,(H,20,21)/t15-/m0/s1. The summed E-state index contributed by atoms with van der Waals surface area (Å²) >= 11 is 1.66. The third-order valence-corrected chi connectivity index (χ3v) is 4.72. The molecule has 22 heavy (non-hydrogen) atoms. The molecule has 1 N–H and O–H groups in total. The van der Waals surface area contributed by atoms with Gasteiger partial charge in [0.05, 0.1) is 11.7 Å². The number of nitrogens with zero attached hydrogens (tertiary/aromatic N) is 1. The van der Waals surface area contributed by atoms with Crippen LogP contribution in [0.1, 0.15) is 29.7 Å². The first-order valence-electron chi connectivity index (χ1n) is 7.48. The van der Waals surface area contributed by atoms with Gasteiger partial charge in [-0.25, -0.2) is 4.98 Å². The summed E-state index contributed by atoms with van der Waals surface area (Å²) in [4.78, 5) is 4.72. The number of thiazole rings is 1. The Balaban J connectivity index is 1.77. The van der Waals surface area contributed by atoms with Crippen molar-refractivity contribution in [3.63, 3.8) is 0 Å². The van der Waals surface area contributed by atoms with Crippen LogP contribution in [0.5, 0.6) is 0 Å². The lowest BCUT2D eigenvalue weighted by Gasteiger charge is -2.12. The first kappa shape index (κ1) is 14.8. The van der Waals surface area contributed by atoms with Gasteiger partial charge in [0.25, 0.3) is 0 Å². The van der Waals surface area contributed by atoms with Crippen LogP contribution in [0.25, 0.3) is 11.3 Å². The molecule has 0 saturated heterocycles. The van der Waals surface area contributed by atoms with E-state index in [2.05, 4.69) is 73.9 Å². The highest BCUT2D eigenvalue weighted by molar-refractivity contribution is 7.14. The first-order chi connectivity index (χ1) is 10.6. The molecule has 0 aliphatic heterocycles. The molecule has 0 spiro atoms. The molecule has 3 heteroatoms. The molecule has 112 valence electrons. The van der Waals surface area contributed by atoms with E-state index in [4.69, 9.17) is 4.98 Å². The Morgan fingerprint density at radius 3 is 2.50 bits per heavy atom. The van der Waals surface area contributed by atoms with E-state index in [1.54, 1.807) is 11.3 Å². The highest BCUT2D eigenvalue weighted by Gasteiger charge is 2.09. The minimum atomic E-state index is 0.250. The highest BCUT2D eigenvalue weighted by atomic mass is 32.1. The number of hydrogen-bond donors (Lipinski definition) is 1. The van der Waals surface area contributed by atoms with Crippen molar-refractivity contribution in [2.24, 2.45) is 0 Å². The Bertz CT molecular complexity index is 762. The lowest BCUT2D eigenvalue weighted by Crippen LogP contribution is -2.05. The number of benzene rings is 2. The van der Waals surface area contributed by atoms with Crippen LogP contribution in [0, 0.1) is 13.8 Å². The summed E-state index contributed by atoms with van der Waals surface area (Å²) in [6.45, 7) is 6.43. The minimum absolute atomic E-state index is 0.250. The molecule has 3 rings (SSSR count). The van der Waals surface area contributed by atoms with Crippen molar-refractivity contribution in [2.75, 3.05) is 5.32 Å². The summed E-state index contributed by atoms with van der Waals surface area (Å²) in [7, 11) is 0. The van der Waals surface area contributed by atoms with Gasteiger partial charge in [-0.1, -0.05) is 42.5 Å². The largest absolute Gasteiger partial charge is 0.355 e. The van der Waals surface area contributed by atoms with Crippen molar-refractivity contribution < 1.29 is 0 Å². The molecular formula is C19H20N2S. The zero-order valence-electron chi connectivity index (χ0n) is 13.1. The highest BCUT2D eigenvalue weighted by Crippen LogP contribution is 2.28. The third kappa shape index (κ3) is 3.20. The fourth-order valence-corrected chi connectivity index (χ4v) is 3.19. The van der Waals surface area contributed by atoms with E-state index in [1.807, 2.05) is 6.07 Å². The van der Waals surface area contributed by atoms with Crippen molar-refractivity contribution in [2.45, 2.75) is 26.8 Å². The quantitative estimate of drug-likeness (QED) is 0.678. The third-order valence-electron chi connectivity index (χ3n) is 3.95. The molecule has 1 aromatic heterocycles. The fourth-order valence-electron chi connectivity index (χ4n) is 2.38. The molecule has 3 aromatic rings. The molecule has 1 heterocycles. The summed E-state index contributed by atoms with van der Waals surface area (Å²) in [5.74, 6) is 0. The van der Waals surface area contributed by atoms with Crippen LogP contribution in [0.15, 0.2) is 53.9 Å². The molecule has 0 fully saturated rings. The lowest BCUT2D eigenvalue weighted by molar-refractivity contribution is 0.882. The van der Waals surface area contributed by atoms with E-state index in [9.17, 15) is 0 Å². The number of aryl methyl sites for hydroxylation is 2. The van der Waals surface area contributed by atoms with Crippen molar-refractivity contribution in [1.82, 2.24) is 4.98 Å². The van der Waals surface area contributed by atoms with Crippen molar-refractivity contribution in [3.05, 3.63) is 70.6 Å². The zero-order chi connectivity index (χ0) is 15.5. The normalized spacial score (nSPS) is 12.1. The molecule has 0 aliphatic carbocycles. The van der Waals surface area contributed by atoms with Crippen LogP contribution in [-0.4, -0.2) is 4.98 Å². The van der Waals surface area contributed by atoms with Gasteiger partial charge in [-0.2, -0.15) is 0 Å². The summed E-state index contributed by atoms with van der Waals surface area (Å²) < 4.78 is 0. The van der Waals surface area contributed by atoms with Gasteiger partial charge >= 0.3 is 0 Å². The van der Waals surface area contributed by atoms with Crippen LogP contribution in [-0.2, 0) is 0 Å². The van der Waals surface area contributed by atoms with Gasteiger partial charge in [0.2, 0.25) is 0 Å². The van der Waals surface area contributed by atoms with Crippen LogP contribution >= 0.6 is 11.3 Å². The summed E-state index contributed by atoms with van der Waals surface area (Å²) in [5, 5.41) is 6.56. The zero-order valence-corrected chi connectivity index (χ0v) is 13.9. The Hall–Kier alpha value is -2.13. The predicted molar refractivity (Wildman–Crippen MR) is 95.5 cm³/mol. The van der Waals surface area contributed by atoms with Crippen LogP contribution in [0.2, 0.25) is 0 Å². The summed E-state index contributed by atoms with van der Waals surface area (Å²) in [6.07, 6.45) is 0. The molecule has 0 bridgehead atoms. The number of anilines is 1. The molecule has 0 amide bonds. The molecular weight excluding hydrogens is 288 g/mol. The molecule has 0 unspecified atom stereocenters. The summed E-state index contributed by atoms with van der Waals surface area (Å²) in [6, 6.07) is 17.2. The lowest BCUT2D eigenvalue weighted by atomic mass is 10.1. The SMILES string of the molecule is Cc1ccc(-c2csc(N[C@@H](C)c3ccccc3)n2)cc1C. The molecule has 1 atom stereocenters. The molecule has 2 nitrogen and oxygen atoms in total. The Labute approximate surface area is 135 Å². The molecule has 0 saturated carbocycles. The average molecular weight is 308 g/mol. The van der Waals surface area contributed by atoms with Gasteiger partial charge in [-0.05, 0) is 43.5 Å². The van der Waals surface area contributed by atoms with E-state index in [0.29, 0.717) is 0 Å². The second-order valence-electron chi connectivity index (χ2n) is 5.61. The molecule has 0 aliphatic rings. The van der Waals surface area contributed by atoms with Crippen molar-refractivity contribution >= 4 is 16.5 Å². The van der Waals surface area contributed by atoms with Crippen LogP contribution in [0.3, 0.4) is 0 Å². The van der Waals surface area contributed by atoms with Gasteiger partial charge in [0.15, 0.2) is 5.13 Å². The molecule has 2 aromatic carbocycles. The number of rotatable bonds is 4. The molecule has 0 radical (unpaired) electrons. The second kappa shape index (κ2) is 6.32. The van der Waals surface area contributed by atoms with Crippen LogP contribution < -0.4 is 5.32 Å². The van der Waals surface area contributed by atoms with E-state index >= 15 is 0 Å². The first-order valence-corrected chi connectivity index (χ1v) is 8.36. The summed E-state index contributed by atoms with van der Waals surface area (Å²) in [5.41, 5.74) is 6.11. The minimum Gasteiger partial charge on any atom is -0.355 e. The monoisotopic (exact) mass is 308 g/mol. The van der Waals surface area contributed by atoms with E-state index in [-0.39, 0.29) is 6.04 Å². The maximum Gasteiger partial charge on any atom is 0.183 e. The maximum atomic E-state index is 4.72. The van der Waals surface area contributed by atoms with Crippen LogP contribution in [0.4, 0.5) is 5.13 Å².